The minimum absolute atomic E-state index is 0.0302. The molecule has 1 atom stereocenters. The van der Waals surface area contributed by atoms with Crippen molar-refractivity contribution >= 4 is 23.3 Å². The van der Waals surface area contributed by atoms with E-state index in [9.17, 15) is 9.59 Å². The van der Waals surface area contributed by atoms with Gasteiger partial charge in [0.2, 0.25) is 5.91 Å². The maximum Gasteiger partial charge on any atom is 0.319 e. The Morgan fingerprint density at radius 3 is 2.80 bits per heavy atom. The Labute approximate surface area is 119 Å². The molecule has 0 bridgehead atoms. The van der Waals surface area contributed by atoms with Crippen LogP contribution in [0.5, 0.6) is 0 Å². The zero-order chi connectivity index (χ0) is 14.7. The third kappa shape index (κ3) is 2.92. The molecule has 0 saturated heterocycles. The van der Waals surface area contributed by atoms with Crippen LogP contribution in [-0.4, -0.2) is 18.5 Å². The number of fused-ring (bicyclic) bond motifs is 1. The van der Waals surface area contributed by atoms with E-state index in [1.807, 2.05) is 32.9 Å². The maximum atomic E-state index is 11.9. The van der Waals surface area contributed by atoms with Gasteiger partial charge in [0, 0.05) is 17.9 Å². The molecule has 0 spiro atoms. The number of amides is 3. The normalized spacial score (nSPS) is 16.8. The Bertz CT molecular complexity index is 526. The molecule has 0 aromatic heterocycles. The van der Waals surface area contributed by atoms with Crippen LogP contribution in [-0.2, 0) is 4.79 Å². The van der Waals surface area contributed by atoms with E-state index in [1.165, 1.54) is 0 Å². The Kier molecular flexibility index (Phi) is 4.27. The molecule has 1 aliphatic rings. The van der Waals surface area contributed by atoms with Crippen molar-refractivity contribution < 1.29 is 9.59 Å². The lowest BCUT2D eigenvalue weighted by Crippen LogP contribution is -2.29. The number of carbonyl (C=O) groups excluding carboxylic acids is 2. The first-order valence-corrected chi connectivity index (χ1v) is 7.02. The molecule has 5 heteroatoms. The van der Waals surface area contributed by atoms with Crippen LogP contribution in [0.2, 0.25) is 0 Å². The molecule has 0 radical (unpaired) electrons. The predicted octanol–water partition coefficient (Wildman–Crippen LogP) is 2.91. The van der Waals surface area contributed by atoms with Crippen LogP contribution in [0.25, 0.3) is 0 Å². The Morgan fingerprint density at radius 2 is 2.15 bits per heavy atom. The van der Waals surface area contributed by atoms with Crippen LogP contribution in [0, 0.1) is 5.92 Å². The fourth-order valence-electron chi connectivity index (χ4n) is 2.44. The summed E-state index contributed by atoms with van der Waals surface area (Å²) >= 11 is 0. The minimum Gasteiger partial charge on any atom is -0.338 e. The zero-order valence-corrected chi connectivity index (χ0v) is 12.1. The van der Waals surface area contributed by atoms with Gasteiger partial charge in [0.25, 0.3) is 0 Å². The molecular formula is C15H21N3O2. The minimum atomic E-state index is -0.217. The topological polar surface area (TPSA) is 70.2 Å². The van der Waals surface area contributed by atoms with Crippen LogP contribution in [0.3, 0.4) is 0 Å². The number of carbonyl (C=O) groups is 2. The largest absolute Gasteiger partial charge is 0.338 e. The van der Waals surface area contributed by atoms with Crippen molar-refractivity contribution in [2.45, 2.75) is 33.1 Å². The molecular weight excluding hydrogens is 254 g/mol. The van der Waals surface area contributed by atoms with Crippen molar-refractivity contribution in [3.63, 3.8) is 0 Å². The number of rotatable bonds is 4. The molecule has 0 aliphatic carbocycles. The number of urea groups is 1. The second kappa shape index (κ2) is 5.94. The molecule has 1 unspecified atom stereocenters. The fourth-order valence-corrected chi connectivity index (χ4v) is 2.44. The third-order valence-corrected chi connectivity index (χ3v) is 3.39. The Balaban J connectivity index is 2.16. The molecule has 1 heterocycles. The van der Waals surface area contributed by atoms with E-state index in [2.05, 4.69) is 16.0 Å². The van der Waals surface area contributed by atoms with Crippen molar-refractivity contribution in [1.29, 1.82) is 0 Å². The summed E-state index contributed by atoms with van der Waals surface area (Å²) in [6, 6.07) is 5.30. The first-order chi connectivity index (χ1) is 9.52. The van der Waals surface area contributed by atoms with E-state index in [0.29, 0.717) is 12.2 Å². The van der Waals surface area contributed by atoms with E-state index in [-0.39, 0.29) is 23.8 Å². The highest BCUT2D eigenvalue weighted by molar-refractivity contribution is 6.03. The third-order valence-electron chi connectivity index (χ3n) is 3.39. The van der Waals surface area contributed by atoms with Gasteiger partial charge < -0.3 is 16.0 Å². The molecule has 108 valence electrons. The van der Waals surface area contributed by atoms with Crippen LogP contribution in [0.4, 0.5) is 16.2 Å². The first kappa shape index (κ1) is 14.4. The van der Waals surface area contributed by atoms with Gasteiger partial charge in [-0.2, -0.15) is 0 Å². The number of hydrogen-bond donors (Lipinski definition) is 3. The molecule has 3 amide bonds. The average molecular weight is 275 g/mol. The lowest BCUT2D eigenvalue weighted by Gasteiger charge is -2.14. The Morgan fingerprint density at radius 1 is 1.40 bits per heavy atom. The van der Waals surface area contributed by atoms with Gasteiger partial charge in [-0.1, -0.05) is 20.8 Å². The van der Waals surface area contributed by atoms with Gasteiger partial charge in [-0.25, -0.2) is 4.79 Å². The summed E-state index contributed by atoms with van der Waals surface area (Å²) in [6.07, 6.45) is 0.894. The maximum absolute atomic E-state index is 11.9. The van der Waals surface area contributed by atoms with E-state index >= 15 is 0 Å². The van der Waals surface area contributed by atoms with Gasteiger partial charge in [0.15, 0.2) is 0 Å². The zero-order valence-electron chi connectivity index (χ0n) is 12.1. The summed E-state index contributed by atoms with van der Waals surface area (Å²) in [5.41, 5.74) is 2.51. The van der Waals surface area contributed by atoms with Crippen LogP contribution in [0.1, 0.15) is 38.7 Å². The highest BCUT2D eigenvalue weighted by Crippen LogP contribution is 2.38. The predicted molar refractivity (Wildman–Crippen MR) is 80.0 cm³/mol. The van der Waals surface area contributed by atoms with Gasteiger partial charge in [-0.3, -0.25) is 4.79 Å². The van der Waals surface area contributed by atoms with E-state index < -0.39 is 0 Å². The molecule has 5 nitrogen and oxygen atoms in total. The van der Waals surface area contributed by atoms with E-state index in [0.717, 1.165) is 17.7 Å². The van der Waals surface area contributed by atoms with Gasteiger partial charge >= 0.3 is 6.03 Å². The quantitative estimate of drug-likeness (QED) is 0.790. The van der Waals surface area contributed by atoms with Crippen molar-refractivity contribution in [3.05, 3.63) is 23.8 Å². The van der Waals surface area contributed by atoms with E-state index in [1.54, 1.807) is 6.07 Å². The molecule has 0 saturated carbocycles. The van der Waals surface area contributed by atoms with Crippen LogP contribution >= 0.6 is 0 Å². The standard InChI is InChI=1S/C15H21N3O2/c1-4-7-16-15(20)17-10-5-6-12-11(8-10)13(9(2)3)14(19)18-12/h5-6,8-9,13H,4,7H2,1-3H3,(H,18,19)(H2,16,17,20). The average Bonchev–Trinajstić information content (AvgIpc) is 2.71. The summed E-state index contributed by atoms with van der Waals surface area (Å²) in [7, 11) is 0. The van der Waals surface area contributed by atoms with Gasteiger partial charge in [0.1, 0.15) is 0 Å². The highest BCUT2D eigenvalue weighted by Gasteiger charge is 2.32. The number of anilines is 2. The summed E-state index contributed by atoms with van der Waals surface area (Å²) in [4.78, 5) is 23.6. The second-order valence-electron chi connectivity index (χ2n) is 5.39. The monoisotopic (exact) mass is 275 g/mol. The summed E-state index contributed by atoms with van der Waals surface area (Å²) in [5, 5.41) is 8.43. The molecule has 3 N–H and O–H groups in total. The molecule has 20 heavy (non-hydrogen) atoms. The highest BCUT2D eigenvalue weighted by atomic mass is 16.2. The smallest absolute Gasteiger partial charge is 0.319 e. The molecule has 0 fully saturated rings. The van der Waals surface area contributed by atoms with Crippen molar-refractivity contribution in [3.8, 4) is 0 Å². The number of nitrogens with one attached hydrogen (secondary N) is 3. The van der Waals surface area contributed by atoms with Crippen molar-refractivity contribution in [1.82, 2.24) is 5.32 Å². The SMILES string of the molecule is CCCNC(=O)Nc1ccc2c(c1)C(C(C)C)C(=O)N2. The fraction of sp³-hybridized carbons (Fsp3) is 0.467. The molecule has 1 aliphatic heterocycles. The number of benzene rings is 1. The van der Waals surface area contributed by atoms with Crippen LogP contribution in [0.15, 0.2) is 18.2 Å². The molecule has 2 rings (SSSR count). The lowest BCUT2D eigenvalue weighted by atomic mass is 9.89. The number of hydrogen-bond acceptors (Lipinski definition) is 2. The van der Waals surface area contributed by atoms with E-state index in [4.69, 9.17) is 0 Å². The second-order valence-corrected chi connectivity index (χ2v) is 5.39. The van der Waals surface area contributed by atoms with Crippen molar-refractivity contribution in [2.75, 3.05) is 17.2 Å². The summed E-state index contributed by atoms with van der Waals surface area (Å²) in [5.74, 6) is 0.105. The Hall–Kier alpha value is -2.04. The lowest BCUT2D eigenvalue weighted by molar-refractivity contribution is -0.117. The summed E-state index contributed by atoms with van der Waals surface area (Å²) < 4.78 is 0. The van der Waals surface area contributed by atoms with Crippen LogP contribution < -0.4 is 16.0 Å². The van der Waals surface area contributed by atoms with Gasteiger partial charge in [-0.05, 0) is 36.1 Å². The molecule has 1 aromatic rings. The summed E-state index contributed by atoms with van der Waals surface area (Å²) in [6.45, 7) is 6.69. The molecule has 1 aromatic carbocycles. The van der Waals surface area contributed by atoms with Gasteiger partial charge in [0.05, 0.1) is 5.92 Å². The van der Waals surface area contributed by atoms with Crippen molar-refractivity contribution in [2.24, 2.45) is 5.92 Å². The van der Waals surface area contributed by atoms with Gasteiger partial charge in [-0.15, -0.1) is 0 Å². The first-order valence-electron chi connectivity index (χ1n) is 7.02.